The maximum absolute atomic E-state index is 12.5. The molecule has 0 saturated carbocycles. The minimum atomic E-state index is -0.188. The van der Waals surface area contributed by atoms with Crippen LogP contribution in [0.4, 0.5) is 0 Å². The van der Waals surface area contributed by atoms with Gasteiger partial charge in [-0.2, -0.15) is 0 Å². The van der Waals surface area contributed by atoms with Gasteiger partial charge in [-0.1, -0.05) is 0 Å². The Bertz CT molecular complexity index is 866. The zero-order valence-electron chi connectivity index (χ0n) is 15.9. The molecule has 0 bridgehead atoms. The Labute approximate surface area is 159 Å². The minimum Gasteiger partial charge on any atom is -0.497 e. The van der Waals surface area contributed by atoms with E-state index < -0.39 is 0 Å². The number of amides is 1. The van der Waals surface area contributed by atoms with Crippen molar-refractivity contribution in [3.05, 3.63) is 46.5 Å². The number of aryl methyl sites for hydroxylation is 2. The summed E-state index contributed by atoms with van der Waals surface area (Å²) in [7, 11) is 1.64. The second kappa shape index (κ2) is 7.55. The molecule has 1 aromatic carbocycles. The predicted molar refractivity (Wildman–Crippen MR) is 101 cm³/mol. The van der Waals surface area contributed by atoms with E-state index in [2.05, 4.69) is 22.2 Å². The zero-order chi connectivity index (χ0) is 18.8. The van der Waals surface area contributed by atoms with Crippen molar-refractivity contribution in [2.24, 2.45) is 5.92 Å². The number of rotatable bonds is 5. The molecule has 1 atom stereocenters. The van der Waals surface area contributed by atoms with Crippen molar-refractivity contribution in [1.82, 2.24) is 15.3 Å². The Hall–Kier alpha value is -2.63. The highest BCUT2D eigenvalue weighted by atomic mass is 16.5. The molecule has 2 heterocycles. The number of carbonyl (C=O) groups excluding carboxylic acids is 1. The molecule has 0 unspecified atom stereocenters. The van der Waals surface area contributed by atoms with Crippen molar-refractivity contribution < 1.29 is 14.3 Å². The second-order valence-electron chi connectivity index (χ2n) is 7.23. The number of ether oxygens (including phenoxy) is 2. The lowest BCUT2D eigenvalue weighted by Gasteiger charge is -2.25. The Morgan fingerprint density at radius 2 is 2.22 bits per heavy atom. The normalized spacial score (nSPS) is 17.6. The van der Waals surface area contributed by atoms with E-state index in [1.807, 2.05) is 18.2 Å². The topological polar surface area (TPSA) is 73.3 Å². The van der Waals surface area contributed by atoms with Gasteiger partial charge in [0.25, 0.3) is 0 Å². The molecular formula is C21H25N3O3. The molecule has 6 nitrogen and oxygen atoms in total. The number of methoxy groups -OCH3 is 1. The smallest absolute Gasteiger partial charge is 0.226 e. The maximum Gasteiger partial charge on any atom is 0.226 e. The highest BCUT2D eigenvalue weighted by Gasteiger charge is 2.26. The van der Waals surface area contributed by atoms with Gasteiger partial charge in [0, 0.05) is 24.4 Å². The lowest BCUT2D eigenvalue weighted by atomic mass is 9.96. The molecule has 0 saturated heterocycles. The van der Waals surface area contributed by atoms with Gasteiger partial charge in [0.2, 0.25) is 5.91 Å². The van der Waals surface area contributed by atoms with Crippen molar-refractivity contribution >= 4 is 5.91 Å². The van der Waals surface area contributed by atoms with Gasteiger partial charge in [0.15, 0.2) is 0 Å². The van der Waals surface area contributed by atoms with Crippen LogP contribution in [0.25, 0.3) is 0 Å². The van der Waals surface area contributed by atoms with Crippen molar-refractivity contribution in [1.29, 1.82) is 0 Å². The van der Waals surface area contributed by atoms with Gasteiger partial charge in [-0.15, -0.1) is 0 Å². The van der Waals surface area contributed by atoms with Crippen LogP contribution in [0.3, 0.4) is 0 Å². The Balaban J connectivity index is 1.33. The van der Waals surface area contributed by atoms with Crippen LogP contribution in [0.1, 0.15) is 34.8 Å². The highest BCUT2D eigenvalue weighted by Crippen LogP contribution is 2.30. The third-order valence-corrected chi connectivity index (χ3v) is 5.38. The van der Waals surface area contributed by atoms with E-state index >= 15 is 0 Å². The molecule has 27 heavy (non-hydrogen) atoms. The summed E-state index contributed by atoms with van der Waals surface area (Å²) in [4.78, 5) is 21.8. The van der Waals surface area contributed by atoms with Gasteiger partial charge < -0.3 is 14.8 Å². The standard InChI is InChI=1S/C21H25N3O3/c1-13-17-4-3-5-18(17)24-20(23-13)8-9-22-21(25)15-10-14-11-16(26-2)6-7-19(14)27-12-15/h6-7,11,15H,3-5,8-10,12H2,1-2H3,(H,22,25)/t15-/m0/s1. The fourth-order valence-corrected chi connectivity index (χ4v) is 3.90. The third-order valence-electron chi connectivity index (χ3n) is 5.38. The largest absolute Gasteiger partial charge is 0.497 e. The number of fused-ring (bicyclic) bond motifs is 2. The van der Waals surface area contributed by atoms with Gasteiger partial charge in [-0.3, -0.25) is 4.79 Å². The van der Waals surface area contributed by atoms with Crippen LogP contribution in [0, 0.1) is 12.8 Å². The van der Waals surface area contributed by atoms with Gasteiger partial charge in [-0.05, 0) is 61.9 Å². The number of hydrogen-bond donors (Lipinski definition) is 1. The summed E-state index contributed by atoms with van der Waals surface area (Å²) in [6, 6.07) is 5.71. The van der Waals surface area contributed by atoms with E-state index in [0.29, 0.717) is 26.0 Å². The van der Waals surface area contributed by atoms with Crippen LogP contribution in [-0.2, 0) is 30.5 Å². The first-order chi connectivity index (χ1) is 13.1. The van der Waals surface area contributed by atoms with Crippen molar-refractivity contribution in [3.63, 3.8) is 0 Å². The Morgan fingerprint density at radius 3 is 3.07 bits per heavy atom. The second-order valence-corrected chi connectivity index (χ2v) is 7.23. The molecule has 1 N–H and O–H groups in total. The number of nitrogens with one attached hydrogen (secondary N) is 1. The lowest BCUT2D eigenvalue weighted by molar-refractivity contribution is -0.126. The first kappa shape index (κ1) is 17.8. The van der Waals surface area contributed by atoms with Gasteiger partial charge in [-0.25, -0.2) is 9.97 Å². The van der Waals surface area contributed by atoms with Crippen LogP contribution in [0.5, 0.6) is 11.5 Å². The molecule has 142 valence electrons. The van der Waals surface area contributed by atoms with E-state index in [1.54, 1.807) is 7.11 Å². The Kier molecular flexibility index (Phi) is 4.97. The molecule has 2 aromatic rings. The van der Waals surface area contributed by atoms with E-state index in [-0.39, 0.29) is 11.8 Å². The molecule has 4 rings (SSSR count). The summed E-state index contributed by atoms with van der Waals surface area (Å²) in [5.41, 5.74) is 4.61. The number of aromatic nitrogens is 2. The van der Waals surface area contributed by atoms with Crippen LogP contribution in [0.15, 0.2) is 18.2 Å². The summed E-state index contributed by atoms with van der Waals surface area (Å²) in [6.45, 7) is 3.00. The average molecular weight is 367 g/mol. The zero-order valence-corrected chi connectivity index (χ0v) is 15.9. The lowest BCUT2D eigenvalue weighted by Crippen LogP contribution is -2.38. The summed E-state index contributed by atoms with van der Waals surface area (Å²) in [5, 5.41) is 3.02. The van der Waals surface area contributed by atoms with Gasteiger partial charge in [0.1, 0.15) is 23.9 Å². The minimum absolute atomic E-state index is 0.0151. The average Bonchev–Trinajstić information content (AvgIpc) is 3.16. The van der Waals surface area contributed by atoms with Crippen LogP contribution >= 0.6 is 0 Å². The molecule has 2 aliphatic rings. The SMILES string of the molecule is COc1ccc2c(c1)C[C@H](C(=O)NCCc1nc(C)c3c(n1)CCC3)CO2. The van der Waals surface area contributed by atoms with Crippen molar-refractivity contribution in [2.75, 3.05) is 20.3 Å². The number of hydrogen-bond acceptors (Lipinski definition) is 5. The summed E-state index contributed by atoms with van der Waals surface area (Å²) < 4.78 is 11.0. The first-order valence-corrected chi connectivity index (χ1v) is 9.56. The molecule has 1 amide bonds. The van der Waals surface area contributed by atoms with E-state index in [1.165, 1.54) is 17.7 Å². The molecule has 0 spiro atoms. The van der Waals surface area contributed by atoms with Crippen LogP contribution in [0.2, 0.25) is 0 Å². The summed E-state index contributed by atoms with van der Waals surface area (Å²) in [5.74, 6) is 2.27. The molecule has 0 radical (unpaired) electrons. The van der Waals surface area contributed by atoms with Crippen LogP contribution < -0.4 is 14.8 Å². The quantitative estimate of drug-likeness (QED) is 0.877. The Morgan fingerprint density at radius 1 is 1.33 bits per heavy atom. The van der Waals surface area contributed by atoms with Gasteiger partial charge in [0.05, 0.1) is 13.0 Å². The third kappa shape index (κ3) is 3.75. The van der Waals surface area contributed by atoms with Crippen molar-refractivity contribution in [2.45, 2.75) is 39.0 Å². The van der Waals surface area contributed by atoms with Crippen LogP contribution in [-0.4, -0.2) is 36.1 Å². The van der Waals surface area contributed by atoms with E-state index in [4.69, 9.17) is 9.47 Å². The molecule has 1 aliphatic carbocycles. The number of nitrogens with zero attached hydrogens (tertiary/aromatic N) is 2. The van der Waals surface area contributed by atoms with E-state index in [0.717, 1.165) is 41.4 Å². The number of benzene rings is 1. The molecule has 1 aliphatic heterocycles. The summed E-state index contributed by atoms with van der Waals surface area (Å²) >= 11 is 0. The fourth-order valence-electron chi connectivity index (χ4n) is 3.90. The monoisotopic (exact) mass is 367 g/mol. The first-order valence-electron chi connectivity index (χ1n) is 9.56. The summed E-state index contributed by atoms with van der Waals surface area (Å²) in [6.07, 6.45) is 4.61. The fraction of sp³-hybridized carbons (Fsp3) is 0.476. The van der Waals surface area contributed by atoms with E-state index in [9.17, 15) is 4.79 Å². The molecule has 0 fully saturated rings. The molecular weight excluding hydrogens is 342 g/mol. The predicted octanol–water partition coefficient (Wildman–Crippen LogP) is 2.19. The highest BCUT2D eigenvalue weighted by molar-refractivity contribution is 5.79. The molecule has 6 heteroatoms. The maximum atomic E-state index is 12.5. The molecule has 1 aromatic heterocycles. The van der Waals surface area contributed by atoms with Gasteiger partial charge >= 0.3 is 0 Å². The number of carbonyl (C=O) groups is 1. The van der Waals surface area contributed by atoms with Crippen molar-refractivity contribution in [3.8, 4) is 11.5 Å².